The van der Waals surface area contributed by atoms with Crippen molar-refractivity contribution >= 4 is 23.4 Å². The minimum atomic E-state index is -0.315. The van der Waals surface area contributed by atoms with E-state index in [4.69, 9.17) is 16.1 Å². The van der Waals surface area contributed by atoms with Gasteiger partial charge < -0.3 is 4.52 Å². The van der Waals surface area contributed by atoms with Crippen molar-refractivity contribution in [1.82, 2.24) is 24.9 Å². The van der Waals surface area contributed by atoms with Crippen LogP contribution in [0, 0.1) is 5.82 Å². The summed E-state index contributed by atoms with van der Waals surface area (Å²) in [5, 5.41) is 13.3. The van der Waals surface area contributed by atoms with E-state index in [1.54, 1.807) is 24.5 Å². The summed E-state index contributed by atoms with van der Waals surface area (Å²) < 4.78 is 20.1. The maximum Gasteiger partial charge on any atom is 0.257 e. The summed E-state index contributed by atoms with van der Waals surface area (Å²) in [4.78, 5) is 4.33. The summed E-state index contributed by atoms with van der Waals surface area (Å²) in [6.07, 6.45) is 1.62. The molecule has 0 aliphatic heterocycles. The molecule has 6 nitrogen and oxygen atoms in total. The molecule has 0 aliphatic carbocycles. The first-order valence-corrected chi connectivity index (χ1v) is 8.93. The molecule has 9 heteroatoms. The van der Waals surface area contributed by atoms with Crippen LogP contribution in [0.15, 0.2) is 64.5 Å². The smallest absolute Gasteiger partial charge is 0.257 e. The fourth-order valence-corrected chi connectivity index (χ4v) is 3.23. The molecule has 2 aromatic heterocycles. The van der Waals surface area contributed by atoms with E-state index in [0.29, 0.717) is 33.2 Å². The Hall–Kier alpha value is -2.71. The van der Waals surface area contributed by atoms with E-state index in [0.717, 1.165) is 5.69 Å². The van der Waals surface area contributed by atoms with Gasteiger partial charge in [0.25, 0.3) is 5.89 Å². The monoisotopic (exact) mass is 387 g/mol. The lowest BCUT2D eigenvalue weighted by atomic mass is 10.2. The van der Waals surface area contributed by atoms with Gasteiger partial charge in [0.15, 0.2) is 11.0 Å². The molecular formula is C17H11ClFN5OS. The molecule has 0 bridgehead atoms. The lowest BCUT2D eigenvalue weighted by Gasteiger charge is -2.05. The van der Waals surface area contributed by atoms with Gasteiger partial charge in [-0.15, -0.1) is 10.2 Å². The molecule has 0 atom stereocenters. The molecule has 130 valence electrons. The van der Waals surface area contributed by atoms with Crippen LogP contribution in [0.1, 0.15) is 5.82 Å². The van der Waals surface area contributed by atoms with Crippen LogP contribution < -0.4 is 0 Å². The first-order chi connectivity index (χ1) is 12.7. The van der Waals surface area contributed by atoms with Gasteiger partial charge in [0.05, 0.1) is 11.4 Å². The van der Waals surface area contributed by atoms with Crippen LogP contribution in [0.25, 0.3) is 17.1 Å². The van der Waals surface area contributed by atoms with E-state index in [9.17, 15) is 4.39 Å². The molecule has 0 fully saturated rings. The van der Waals surface area contributed by atoms with E-state index in [1.165, 1.54) is 23.9 Å². The van der Waals surface area contributed by atoms with E-state index in [-0.39, 0.29) is 5.82 Å². The summed E-state index contributed by atoms with van der Waals surface area (Å²) in [5.74, 6) is 0.987. The topological polar surface area (TPSA) is 69.6 Å². The van der Waals surface area contributed by atoms with Crippen molar-refractivity contribution in [1.29, 1.82) is 0 Å². The van der Waals surface area contributed by atoms with Crippen molar-refractivity contribution in [2.45, 2.75) is 10.9 Å². The maximum absolute atomic E-state index is 13.0. The van der Waals surface area contributed by atoms with Gasteiger partial charge in [-0.05, 0) is 42.5 Å². The highest BCUT2D eigenvalue weighted by molar-refractivity contribution is 7.98. The van der Waals surface area contributed by atoms with Crippen molar-refractivity contribution < 1.29 is 8.91 Å². The highest BCUT2D eigenvalue weighted by Gasteiger charge is 2.12. The number of hydrogen-bond donors (Lipinski definition) is 0. The fourth-order valence-electron chi connectivity index (χ4n) is 2.28. The third kappa shape index (κ3) is 3.61. The number of nitrogens with zero attached hydrogens (tertiary/aromatic N) is 5. The Morgan fingerprint density at radius 3 is 2.81 bits per heavy atom. The maximum atomic E-state index is 13.0. The zero-order valence-corrected chi connectivity index (χ0v) is 14.8. The van der Waals surface area contributed by atoms with Crippen LogP contribution in [0.4, 0.5) is 4.39 Å². The highest BCUT2D eigenvalue weighted by Crippen LogP contribution is 2.25. The fraction of sp³-hybridized carbons (Fsp3) is 0.0588. The molecule has 2 heterocycles. The highest BCUT2D eigenvalue weighted by atomic mass is 35.5. The van der Waals surface area contributed by atoms with Gasteiger partial charge >= 0.3 is 0 Å². The molecule has 0 amide bonds. The summed E-state index contributed by atoms with van der Waals surface area (Å²) in [6, 6.07) is 13.3. The van der Waals surface area contributed by atoms with Gasteiger partial charge in [-0.3, -0.25) is 4.57 Å². The van der Waals surface area contributed by atoms with Crippen molar-refractivity contribution in [2.24, 2.45) is 0 Å². The Morgan fingerprint density at radius 2 is 2.00 bits per heavy atom. The third-order valence-electron chi connectivity index (χ3n) is 3.49. The number of thioether (sulfide) groups is 1. The average molecular weight is 388 g/mol. The molecule has 0 radical (unpaired) electrons. The Kier molecular flexibility index (Phi) is 4.68. The normalized spacial score (nSPS) is 11.0. The minimum Gasteiger partial charge on any atom is -0.334 e. The lowest BCUT2D eigenvalue weighted by molar-refractivity contribution is 0.425. The van der Waals surface area contributed by atoms with Gasteiger partial charge in [0.1, 0.15) is 12.1 Å². The minimum absolute atomic E-state index is 0.315. The van der Waals surface area contributed by atoms with Crippen molar-refractivity contribution in [3.63, 3.8) is 0 Å². The van der Waals surface area contributed by atoms with Crippen molar-refractivity contribution in [3.05, 3.63) is 71.5 Å². The van der Waals surface area contributed by atoms with Crippen LogP contribution in [-0.4, -0.2) is 24.9 Å². The second-order valence-corrected chi connectivity index (χ2v) is 6.65. The Morgan fingerprint density at radius 1 is 1.15 bits per heavy atom. The average Bonchev–Trinajstić information content (AvgIpc) is 3.30. The number of halogens is 2. The Labute approximate surface area is 157 Å². The first-order valence-electron chi connectivity index (χ1n) is 7.56. The third-order valence-corrected chi connectivity index (χ3v) is 4.67. The number of benzene rings is 2. The van der Waals surface area contributed by atoms with Gasteiger partial charge in [-0.2, -0.15) is 4.98 Å². The van der Waals surface area contributed by atoms with Gasteiger partial charge in [0, 0.05) is 10.6 Å². The molecular weight excluding hydrogens is 377 g/mol. The van der Waals surface area contributed by atoms with Crippen LogP contribution in [0.3, 0.4) is 0 Å². The molecule has 0 aliphatic rings. The molecule has 4 rings (SSSR count). The molecule has 26 heavy (non-hydrogen) atoms. The molecule has 0 saturated heterocycles. The number of rotatable bonds is 5. The van der Waals surface area contributed by atoms with E-state index in [1.807, 2.05) is 22.8 Å². The number of aromatic nitrogens is 5. The quantitative estimate of drug-likeness (QED) is 0.473. The van der Waals surface area contributed by atoms with Crippen LogP contribution in [0.2, 0.25) is 5.02 Å². The Bertz CT molecular complexity index is 1030. The second-order valence-electron chi connectivity index (χ2n) is 5.27. The second kappa shape index (κ2) is 7.27. The van der Waals surface area contributed by atoms with E-state index in [2.05, 4.69) is 20.3 Å². The summed E-state index contributed by atoms with van der Waals surface area (Å²) in [7, 11) is 0. The van der Waals surface area contributed by atoms with Gasteiger partial charge in [-0.25, -0.2) is 4.39 Å². The lowest BCUT2D eigenvalue weighted by Crippen LogP contribution is -1.95. The summed E-state index contributed by atoms with van der Waals surface area (Å²) in [6.45, 7) is 0. The van der Waals surface area contributed by atoms with Gasteiger partial charge in [0.2, 0.25) is 0 Å². The Balaban J connectivity index is 1.49. The molecule has 2 aromatic carbocycles. The van der Waals surface area contributed by atoms with E-state index >= 15 is 0 Å². The summed E-state index contributed by atoms with van der Waals surface area (Å²) in [5.41, 5.74) is 1.53. The summed E-state index contributed by atoms with van der Waals surface area (Å²) >= 11 is 7.46. The van der Waals surface area contributed by atoms with Crippen molar-refractivity contribution in [3.8, 4) is 17.1 Å². The molecule has 0 N–H and O–H groups in total. The van der Waals surface area contributed by atoms with E-state index < -0.39 is 0 Å². The molecule has 4 aromatic rings. The predicted octanol–water partition coefficient (Wildman–Crippen LogP) is 4.40. The van der Waals surface area contributed by atoms with Crippen LogP contribution >= 0.6 is 23.4 Å². The standard InChI is InChI=1S/C17H11ClFN5OS/c18-12-2-1-3-14(8-12)24-10-20-22-17(24)26-9-15-21-16(25-23-15)11-4-6-13(19)7-5-11/h1-8,10H,9H2. The van der Waals surface area contributed by atoms with Crippen LogP contribution in [0.5, 0.6) is 0 Å². The molecule has 0 saturated carbocycles. The molecule has 0 spiro atoms. The zero-order chi connectivity index (χ0) is 17.9. The van der Waals surface area contributed by atoms with Crippen molar-refractivity contribution in [2.75, 3.05) is 0 Å². The van der Waals surface area contributed by atoms with Gasteiger partial charge in [-0.1, -0.05) is 34.6 Å². The largest absolute Gasteiger partial charge is 0.334 e. The first kappa shape index (κ1) is 16.7. The zero-order valence-electron chi connectivity index (χ0n) is 13.2. The SMILES string of the molecule is Fc1ccc(-c2nc(CSc3nncn3-c3cccc(Cl)c3)no2)cc1. The predicted molar refractivity (Wildman–Crippen MR) is 95.6 cm³/mol. The number of hydrogen-bond acceptors (Lipinski definition) is 6. The molecule has 0 unspecified atom stereocenters. The van der Waals surface area contributed by atoms with Crippen LogP contribution in [-0.2, 0) is 5.75 Å².